The van der Waals surface area contributed by atoms with Crippen molar-refractivity contribution in [2.75, 3.05) is 5.32 Å². The van der Waals surface area contributed by atoms with Crippen LogP contribution in [0.15, 0.2) is 59.8 Å². The molecule has 0 bridgehead atoms. The molecule has 0 saturated heterocycles. The maximum Gasteiger partial charge on any atom is 0.256 e. The molecule has 128 valence electrons. The molecule has 0 unspecified atom stereocenters. The number of benzene rings is 2. The molecule has 1 heterocycles. The topological polar surface area (TPSA) is 101 Å². The van der Waals surface area contributed by atoms with Crippen molar-refractivity contribution in [2.45, 2.75) is 4.90 Å². The molecule has 0 fully saturated rings. The predicted octanol–water partition coefficient (Wildman–Crippen LogP) is 3.61. The molecule has 0 saturated carbocycles. The fourth-order valence-corrected chi connectivity index (χ4v) is 2.84. The monoisotopic (exact) mass is 376 g/mol. The minimum absolute atomic E-state index is 0.336. The highest BCUT2D eigenvalue weighted by atomic mass is 32.2. The van der Waals surface area contributed by atoms with Crippen molar-refractivity contribution in [3.63, 3.8) is 0 Å². The van der Waals surface area contributed by atoms with E-state index in [0.717, 1.165) is 17.7 Å². The van der Waals surface area contributed by atoms with E-state index in [1.54, 1.807) is 53.4 Å². The molecule has 0 spiro atoms. The number of carbonyl (C=O) groups is 1. The Kier molecular flexibility index (Phi) is 5.58. The van der Waals surface area contributed by atoms with Gasteiger partial charge < -0.3 is 5.32 Å². The van der Waals surface area contributed by atoms with E-state index >= 15 is 0 Å². The van der Waals surface area contributed by atoms with Gasteiger partial charge in [0.15, 0.2) is 4.77 Å². The van der Waals surface area contributed by atoms with Crippen molar-refractivity contribution in [1.82, 2.24) is 14.8 Å². The summed E-state index contributed by atoms with van der Waals surface area (Å²) in [7, 11) is 0. The first-order valence-electron chi connectivity index (χ1n) is 6.96. The van der Waals surface area contributed by atoms with E-state index in [1.807, 2.05) is 6.07 Å². The van der Waals surface area contributed by atoms with Gasteiger partial charge in [-0.25, -0.2) is 5.26 Å². The maximum atomic E-state index is 12.5. The van der Waals surface area contributed by atoms with Crippen molar-refractivity contribution in [3.8, 4) is 5.69 Å². The third-order valence-electron chi connectivity index (χ3n) is 3.22. The normalized spacial score (nSPS) is 10.6. The molecule has 0 aliphatic heterocycles. The van der Waals surface area contributed by atoms with Gasteiger partial charge in [-0.1, -0.05) is 23.2 Å². The van der Waals surface area contributed by atoms with Gasteiger partial charge in [0.1, 0.15) is 6.33 Å². The second kappa shape index (κ2) is 8.05. The third-order valence-corrected chi connectivity index (χ3v) is 4.17. The molecular formula is C15H12N4O4S2. The molecule has 1 amide bonds. The van der Waals surface area contributed by atoms with Gasteiger partial charge >= 0.3 is 0 Å². The summed E-state index contributed by atoms with van der Waals surface area (Å²) in [6.45, 7) is 0. The summed E-state index contributed by atoms with van der Waals surface area (Å²) in [6.07, 6.45) is 1.56. The summed E-state index contributed by atoms with van der Waals surface area (Å²) in [5.41, 5.74) is 1.72. The summed E-state index contributed by atoms with van der Waals surface area (Å²) in [4.78, 5) is 13.0. The molecule has 25 heavy (non-hydrogen) atoms. The van der Waals surface area contributed by atoms with Gasteiger partial charge in [0.2, 0.25) is 0 Å². The molecular weight excluding hydrogens is 364 g/mol. The van der Waals surface area contributed by atoms with E-state index in [4.69, 9.17) is 17.5 Å². The molecule has 0 aliphatic carbocycles. The largest absolute Gasteiger partial charge is 0.322 e. The lowest BCUT2D eigenvalue weighted by Crippen LogP contribution is -2.13. The minimum atomic E-state index is -0.336. The van der Waals surface area contributed by atoms with Gasteiger partial charge in [0, 0.05) is 5.69 Å². The van der Waals surface area contributed by atoms with Gasteiger partial charge in [-0.3, -0.25) is 14.5 Å². The highest BCUT2D eigenvalue weighted by Gasteiger charge is 2.13. The van der Waals surface area contributed by atoms with Crippen LogP contribution in [0.2, 0.25) is 0 Å². The summed E-state index contributed by atoms with van der Waals surface area (Å²) >= 11 is 5.87. The lowest BCUT2D eigenvalue weighted by Gasteiger charge is -2.10. The number of aromatic nitrogens is 3. The Bertz CT molecular complexity index is 941. The fourth-order valence-electron chi connectivity index (χ4n) is 2.14. The number of nitrogens with zero attached hydrogens (tertiary/aromatic N) is 2. The standard InChI is InChI=1S/C15H12N4O4S2/c20-14(12-6-1-2-7-13(12)25-23-22-21)17-10-4-3-5-11(8-10)19-9-16-18-15(19)24/h1-9,21H,(H,17,20)(H,18,24). The van der Waals surface area contributed by atoms with Gasteiger partial charge in [0.25, 0.3) is 5.91 Å². The van der Waals surface area contributed by atoms with Crippen molar-refractivity contribution >= 4 is 35.9 Å². The van der Waals surface area contributed by atoms with E-state index < -0.39 is 0 Å². The predicted molar refractivity (Wildman–Crippen MR) is 93.8 cm³/mol. The van der Waals surface area contributed by atoms with Crippen LogP contribution in [-0.2, 0) is 9.37 Å². The Morgan fingerprint density at radius 1 is 1.28 bits per heavy atom. The number of hydrogen-bond acceptors (Lipinski definition) is 7. The van der Waals surface area contributed by atoms with Crippen LogP contribution in [0.25, 0.3) is 5.69 Å². The maximum absolute atomic E-state index is 12.5. The zero-order valence-electron chi connectivity index (χ0n) is 12.6. The number of rotatable bonds is 6. The molecule has 2 aromatic carbocycles. The van der Waals surface area contributed by atoms with Crippen LogP contribution >= 0.6 is 24.3 Å². The molecule has 3 N–H and O–H groups in total. The zero-order valence-corrected chi connectivity index (χ0v) is 14.2. The number of aromatic amines is 1. The first-order valence-corrected chi connectivity index (χ1v) is 8.11. The molecule has 3 aromatic rings. The minimum Gasteiger partial charge on any atom is -0.322 e. The number of nitrogens with one attached hydrogen (secondary N) is 2. The molecule has 1 aromatic heterocycles. The van der Waals surface area contributed by atoms with E-state index in [0.29, 0.717) is 20.9 Å². The summed E-state index contributed by atoms with van der Waals surface area (Å²) in [6, 6.07) is 13.9. The van der Waals surface area contributed by atoms with Crippen molar-refractivity contribution in [1.29, 1.82) is 0 Å². The van der Waals surface area contributed by atoms with Gasteiger partial charge in [0.05, 0.1) is 28.2 Å². The van der Waals surface area contributed by atoms with Gasteiger partial charge in [-0.15, -0.1) is 4.33 Å². The Morgan fingerprint density at radius 2 is 2.12 bits per heavy atom. The van der Waals surface area contributed by atoms with E-state index in [-0.39, 0.29) is 5.91 Å². The lowest BCUT2D eigenvalue weighted by atomic mass is 10.2. The van der Waals surface area contributed by atoms with Crippen LogP contribution in [-0.4, -0.2) is 25.9 Å². The summed E-state index contributed by atoms with van der Waals surface area (Å²) < 4.78 is 6.54. The second-order valence-corrected chi connectivity index (χ2v) is 5.89. The highest BCUT2D eigenvalue weighted by molar-refractivity contribution is 7.94. The first-order chi connectivity index (χ1) is 12.2. The Balaban J connectivity index is 1.82. The number of anilines is 1. The summed E-state index contributed by atoms with van der Waals surface area (Å²) in [5.74, 6) is -0.336. The van der Waals surface area contributed by atoms with E-state index in [2.05, 4.69) is 24.9 Å². The van der Waals surface area contributed by atoms with Gasteiger partial charge in [-0.2, -0.15) is 5.10 Å². The fraction of sp³-hybridized carbons (Fsp3) is 0. The molecule has 8 nitrogen and oxygen atoms in total. The van der Waals surface area contributed by atoms with E-state index in [9.17, 15) is 4.79 Å². The number of H-pyrrole nitrogens is 1. The van der Waals surface area contributed by atoms with Crippen LogP contribution < -0.4 is 5.32 Å². The Labute approximate surface area is 151 Å². The zero-order chi connectivity index (χ0) is 17.6. The second-order valence-electron chi connectivity index (χ2n) is 4.76. The molecule has 0 atom stereocenters. The molecule has 0 radical (unpaired) electrons. The average Bonchev–Trinajstić information content (AvgIpc) is 3.06. The number of carbonyl (C=O) groups excluding carboxylic acids is 1. The van der Waals surface area contributed by atoms with Crippen LogP contribution in [0.4, 0.5) is 5.69 Å². The molecule has 3 rings (SSSR count). The Hall–Kier alpha value is -2.50. The molecule has 0 aliphatic rings. The first kappa shape index (κ1) is 17.3. The van der Waals surface area contributed by atoms with Gasteiger partial charge in [-0.05, 0) is 42.5 Å². The smallest absolute Gasteiger partial charge is 0.256 e. The summed E-state index contributed by atoms with van der Waals surface area (Å²) in [5, 5.41) is 21.2. The van der Waals surface area contributed by atoms with Crippen LogP contribution in [0.5, 0.6) is 0 Å². The van der Waals surface area contributed by atoms with E-state index in [1.165, 1.54) is 0 Å². The number of amides is 1. The van der Waals surface area contributed by atoms with Crippen molar-refractivity contribution < 1.29 is 19.4 Å². The quantitative estimate of drug-likeness (QED) is 0.261. The van der Waals surface area contributed by atoms with Crippen molar-refractivity contribution in [3.05, 3.63) is 65.2 Å². The third kappa shape index (κ3) is 4.13. The van der Waals surface area contributed by atoms with Crippen molar-refractivity contribution in [2.24, 2.45) is 0 Å². The lowest BCUT2D eigenvalue weighted by molar-refractivity contribution is -0.432. The van der Waals surface area contributed by atoms with Crippen LogP contribution in [0.3, 0.4) is 0 Å². The SMILES string of the molecule is O=C(Nc1cccc(-n2cn[nH]c2=S)c1)c1ccccc1SOOO. The Morgan fingerprint density at radius 3 is 2.88 bits per heavy atom. The van der Waals surface area contributed by atoms with Crippen LogP contribution in [0, 0.1) is 4.77 Å². The average molecular weight is 376 g/mol. The highest BCUT2D eigenvalue weighted by Crippen LogP contribution is 2.24. The molecule has 10 heteroatoms. The number of hydrogen-bond donors (Lipinski definition) is 3. The van der Waals surface area contributed by atoms with Crippen LogP contribution in [0.1, 0.15) is 10.4 Å².